The molecule has 0 radical (unpaired) electrons. The molecule has 0 aliphatic rings. The van der Waals surface area contributed by atoms with E-state index >= 15 is 0 Å². The van der Waals surface area contributed by atoms with Gasteiger partial charge in [-0.1, -0.05) is 60.6 Å². The predicted octanol–water partition coefficient (Wildman–Crippen LogP) is 5.05. The molecule has 0 bridgehead atoms. The third kappa shape index (κ3) is 9.83. The second-order valence-corrected chi connectivity index (χ2v) is 6.94. The molecule has 0 nitrogen and oxygen atoms in total. The van der Waals surface area contributed by atoms with Gasteiger partial charge < -0.3 is 0 Å². The molecule has 1 unspecified atom stereocenters. The Labute approximate surface area is 90.8 Å². The molecule has 0 aliphatic carbocycles. The summed E-state index contributed by atoms with van der Waals surface area (Å²) < 4.78 is 0. The molecule has 0 heteroatoms. The van der Waals surface area contributed by atoms with Crippen molar-refractivity contribution in [2.75, 3.05) is 0 Å². The Bertz CT molecular complexity index is 173. The summed E-state index contributed by atoms with van der Waals surface area (Å²) in [5, 5.41) is 0. The van der Waals surface area contributed by atoms with Crippen LogP contribution in [0.4, 0.5) is 0 Å². The fourth-order valence-corrected chi connectivity index (χ4v) is 1.69. The Hall–Kier alpha value is -0.260. The highest BCUT2D eigenvalue weighted by molar-refractivity contribution is 4.90. The van der Waals surface area contributed by atoms with E-state index in [1.54, 1.807) is 0 Å². The Balaban J connectivity index is 3.89. The minimum absolute atomic E-state index is 0.429. The maximum Gasteiger partial charge on any atom is -0.0257 e. The lowest BCUT2D eigenvalue weighted by Gasteiger charge is -2.21. The maximum atomic E-state index is 2.37. The monoisotopic (exact) mass is 196 g/mol. The number of rotatable bonds is 3. The molecule has 1 atom stereocenters. The van der Waals surface area contributed by atoms with Gasteiger partial charge in [-0.2, -0.15) is 0 Å². The summed E-state index contributed by atoms with van der Waals surface area (Å²) in [7, 11) is 0. The lowest BCUT2D eigenvalue weighted by molar-refractivity contribution is 0.336. The van der Waals surface area contributed by atoms with E-state index in [0.29, 0.717) is 16.7 Å². The first-order valence-corrected chi connectivity index (χ1v) is 5.77. The number of hydrogen-bond acceptors (Lipinski definition) is 0. The van der Waals surface area contributed by atoms with E-state index in [9.17, 15) is 0 Å². The van der Waals surface area contributed by atoms with E-state index in [1.807, 2.05) is 0 Å². The van der Waals surface area contributed by atoms with Crippen LogP contribution in [0.3, 0.4) is 0 Å². The molecule has 0 heterocycles. The van der Waals surface area contributed by atoms with Crippen molar-refractivity contribution >= 4 is 0 Å². The molecule has 0 aromatic carbocycles. The van der Waals surface area contributed by atoms with Gasteiger partial charge in [-0.05, 0) is 29.6 Å². The van der Waals surface area contributed by atoms with Gasteiger partial charge in [0.1, 0.15) is 0 Å². The van der Waals surface area contributed by atoms with E-state index < -0.39 is 0 Å². The quantitative estimate of drug-likeness (QED) is 0.554. The molecule has 0 N–H and O–H groups in total. The number of hydrogen-bond donors (Lipinski definition) is 0. The third-order valence-electron chi connectivity index (χ3n) is 2.13. The van der Waals surface area contributed by atoms with Crippen molar-refractivity contribution in [1.29, 1.82) is 0 Å². The molecule has 0 saturated carbocycles. The second kappa shape index (κ2) is 5.00. The molecular formula is C14H28. The normalized spacial score (nSPS) is 16.2. The van der Waals surface area contributed by atoms with Gasteiger partial charge in [-0.15, -0.1) is 0 Å². The molecule has 0 aromatic heterocycles. The van der Waals surface area contributed by atoms with E-state index in [1.165, 1.54) is 12.8 Å². The first-order chi connectivity index (χ1) is 6.10. The Kier molecular flexibility index (Phi) is 4.91. The highest BCUT2D eigenvalue weighted by Gasteiger charge is 2.13. The minimum Gasteiger partial charge on any atom is -0.0877 e. The van der Waals surface area contributed by atoms with Crippen molar-refractivity contribution in [3.8, 4) is 0 Å². The van der Waals surface area contributed by atoms with Gasteiger partial charge in [0.2, 0.25) is 0 Å². The van der Waals surface area contributed by atoms with Crippen LogP contribution in [0.2, 0.25) is 0 Å². The van der Waals surface area contributed by atoms with E-state index in [4.69, 9.17) is 0 Å². The molecule has 0 spiro atoms. The Morgan fingerprint density at radius 2 is 1.43 bits per heavy atom. The summed E-state index contributed by atoms with van der Waals surface area (Å²) in [6, 6.07) is 0. The van der Waals surface area contributed by atoms with Crippen molar-refractivity contribution in [3.63, 3.8) is 0 Å². The van der Waals surface area contributed by atoms with Gasteiger partial charge in [-0.3, -0.25) is 0 Å². The Morgan fingerprint density at radius 1 is 0.929 bits per heavy atom. The van der Waals surface area contributed by atoms with E-state index in [0.717, 1.165) is 0 Å². The van der Waals surface area contributed by atoms with Crippen LogP contribution >= 0.6 is 0 Å². The minimum atomic E-state index is 0.429. The average molecular weight is 196 g/mol. The van der Waals surface area contributed by atoms with Crippen molar-refractivity contribution in [2.45, 2.75) is 61.3 Å². The first-order valence-electron chi connectivity index (χ1n) is 5.77. The summed E-state index contributed by atoms with van der Waals surface area (Å²) >= 11 is 0. The van der Waals surface area contributed by atoms with E-state index in [2.05, 4.69) is 60.6 Å². The van der Waals surface area contributed by atoms with Crippen molar-refractivity contribution in [2.24, 2.45) is 16.7 Å². The van der Waals surface area contributed by atoms with Gasteiger partial charge in [-0.25, -0.2) is 0 Å². The van der Waals surface area contributed by atoms with Crippen LogP contribution in [0.25, 0.3) is 0 Å². The molecule has 0 rings (SSSR count). The first kappa shape index (κ1) is 13.7. The van der Waals surface area contributed by atoms with Gasteiger partial charge in [0.25, 0.3) is 0 Å². The van der Waals surface area contributed by atoms with Crippen LogP contribution in [0, 0.1) is 16.7 Å². The highest BCUT2D eigenvalue weighted by Crippen LogP contribution is 2.25. The zero-order chi connectivity index (χ0) is 11.4. The SMILES string of the molecule is CC(/C=C/CC(C)(C)C)CC(C)(C)C. The molecule has 14 heavy (non-hydrogen) atoms. The Morgan fingerprint density at radius 3 is 1.79 bits per heavy atom. The van der Waals surface area contributed by atoms with Crippen LogP contribution in [0.5, 0.6) is 0 Å². The maximum absolute atomic E-state index is 2.37. The van der Waals surface area contributed by atoms with Crippen LogP contribution < -0.4 is 0 Å². The zero-order valence-electron chi connectivity index (χ0n) is 11.1. The third-order valence-corrected chi connectivity index (χ3v) is 2.13. The zero-order valence-corrected chi connectivity index (χ0v) is 11.1. The van der Waals surface area contributed by atoms with Gasteiger partial charge in [0, 0.05) is 0 Å². The molecular weight excluding hydrogens is 168 g/mol. The highest BCUT2D eigenvalue weighted by atomic mass is 14.2. The second-order valence-electron chi connectivity index (χ2n) is 6.94. The van der Waals surface area contributed by atoms with Gasteiger partial charge in [0.05, 0.1) is 0 Å². The smallest absolute Gasteiger partial charge is 0.0257 e. The van der Waals surface area contributed by atoms with Crippen LogP contribution in [-0.4, -0.2) is 0 Å². The van der Waals surface area contributed by atoms with Crippen LogP contribution in [-0.2, 0) is 0 Å². The largest absolute Gasteiger partial charge is 0.0877 e. The summed E-state index contributed by atoms with van der Waals surface area (Å²) in [4.78, 5) is 0. The fraction of sp³-hybridized carbons (Fsp3) is 0.857. The molecule has 0 amide bonds. The predicted molar refractivity (Wildman–Crippen MR) is 66.4 cm³/mol. The molecule has 0 aromatic rings. The van der Waals surface area contributed by atoms with Crippen molar-refractivity contribution in [1.82, 2.24) is 0 Å². The summed E-state index contributed by atoms with van der Waals surface area (Å²) in [6.45, 7) is 16.1. The average Bonchev–Trinajstić information content (AvgIpc) is 1.78. The standard InChI is InChI=1S/C14H28/c1-12(11-14(5,6)7)9-8-10-13(2,3)4/h8-9,12H,10-11H2,1-7H3/b9-8+. The molecule has 84 valence electrons. The molecule has 0 aliphatic heterocycles. The van der Waals surface area contributed by atoms with Gasteiger partial charge >= 0.3 is 0 Å². The van der Waals surface area contributed by atoms with Crippen LogP contribution in [0.15, 0.2) is 12.2 Å². The molecule has 0 saturated heterocycles. The lowest BCUT2D eigenvalue weighted by Crippen LogP contribution is -2.09. The topological polar surface area (TPSA) is 0 Å². The lowest BCUT2D eigenvalue weighted by atomic mass is 9.84. The van der Waals surface area contributed by atoms with Gasteiger partial charge in [0.15, 0.2) is 0 Å². The summed E-state index contributed by atoms with van der Waals surface area (Å²) in [5.74, 6) is 0.706. The van der Waals surface area contributed by atoms with Crippen molar-refractivity contribution < 1.29 is 0 Å². The summed E-state index contributed by atoms with van der Waals surface area (Å²) in [5.41, 5.74) is 0.878. The van der Waals surface area contributed by atoms with Crippen molar-refractivity contribution in [3.05, 3.63) is 12.2 Å². The van der Waals surface area contributed by atoms with Crippen LogP contribution in [0.1, 0.15) is 61.3 Å². The summed E-state index contributed by atoms with van der Waals surface area (Å²) in [6.07, 6.45) is 7.17. The molecule has 0 fully saturated rings. The fourth-order valence-electron chi connectivity index (χ4n) is 1.69. The number of allylic oxidation sites excluding steroid dienone is 2. The van der Waals surface area contributed by atoms with E-state index in [-0.39, 0.29) is 0 Å².